The SMILES string of the molecule is CCCC[N+](CCCC)(CCCC)CCCC.CCCC[N+](CCCC)(CCCC)CCCC.O=S(=O)([O-])[O-].OC(Cl)(Cl)CCl. The second-order valence-electron chi connectivity index (χ2n) is 12.5. The van der Waals surface area contributed by atoms with E-state index in [2.05, 4.69) is 55.4 Å². The van der Waals surface area contributed by atoms with Crippen molar-refractivity contribution in [3.8, 4) is 0 Å². The van der Waals surface area contributed by atoms with Crippen molar-refractivity contribution < 1.29 is 31.6 Å². The van der Waals surface area contributed by atoms with Crippen LogP contribution in [0.2, 0.25) is 0 Å². The molecule has 0 aliphatic heterocycles. The predicted molar refractivity (Wildman–Crippen MR) is 197 cm³/mol. The van der Waals surface area contributed by atoms with Crippen LogP contribution in [-0.4, -0.2) is 94.4 Å². The van der Waals surface area contributed by atoms with E-state index in [1.807, 2.05) is 0 Å². The second-order valence-corrected chi connectivity index (χ2v) is 15.0. The van der Waals surface area contributed by atoms with Crippen molar-refractivity contribution in [3.05, 3.63) is 0 Å². The maximum absolute atomic E-state index is 8.52. The molecule has 45 heavy (non-hydrogen) atoms. The van der Waals surface area contributed by atoms with E-state index in [-0.39, 0.29) is 5.88 Å². The van der Waals surface area contributed by atoms with Gasteiger partial charge in [0.25, 0.3) is 0 Å². The van der Waals surface area contributed by atoms with Gasteiger partial charge >= 0.3 is 0 Å². The van der Waals surface area contributed by atoms with Crippen molar-refractivity contribution >= 4 is 45.2 Å². The van der Waals surface area contributed by atoms with Crippen LogP contribution in [0.25, 0.3) is 0 Å². The van der Waals surface area contributed by atoms with E-state index in [1.54, 1.807) is 0 Å². The highest BCUT2D eigenvalue weighted by atomic mass is 35.5. The first-order valence-corrected chi connectivity index (χ1v) is 20.7. The maximum atomic E-state index is 8.52. The Kier molecular flexibility index (Phi) is 40.2. The fourth-order valence-electron chi connectivity index (χ4n) is 5.29. The van der Waals surface area contributed by atoms with Gasteiger partial charge in [-0.2, -0.15) is 0 Å². The van der Waals surface area contributed by atoms with E-state index in [4.69, 9.17) is 57.4 Å². The third-order valence-electron chi connectivity index (χ3n) is 8.05. The Hall–Kier alpha value is 0.620. The Morgan fingerprint density at radius 1 is 0.489 bits per heavy atom. The molecule has 0 unspecified atom stereocenters. The standard InChI is InChI=1S/2C16H36N.C2H3Cl3O.H2O4S/c2*1-5-9-13-17(14-10-6-2,15-11-7-3)16-12-8-4;3-1-2(4,5)6;1-5(2,3)4/h2*5-16H2,1-4H3;6H,1H2;(H2,1,2,3,4)/q2*+1;;/p-2. The summed E-state index contributed by atoms with van der Waals surface area (Å²) in [6.07, 6.45) is 22.1. The molecule has 0 rings (SSSR count). The molecule has 7 nitrogen and oxygen atoms in total. The molecule has 0 heterocycles. The van der Waals surface area contributed by atoms with Crippen molar-refractivity contribution in [2.45, 2.75) is 163 Å². The van der Waals surface area contributed by atoms with Crippen LogP contribution in [0.15, 0.2) is 0 Å². The Bertz CT molecular complexity index is 577. The molecular weight excluding hydrogens is 655 g/mol. The molecule has 0 aromatic carbocycles. The number of halogens is 3. The van der Waals surface area contributed by atoms with Crippen molar-refractivity contribution in [3.63, 3.8) is 0 Å². The number of unbranched alkanes of at least 4 members (excludes halogenated alkanes) is 8. The quantitative estimate of drug-likeness (QED) is 0.0436. The highest BCUT2D eigenvalue weighted by Crippen LogP contribution is 2.18. The van der Waals surface area contributed by atoms with Gasteiger partial charge in [0.2, 0.25) is 4.52 Å². The number of aliphatic hydroxyl groups is 1. The molecule has 278 valence electrons. The Morgan fingerprint density at radius 3 is 0.667 bits per heavy atom. The van der Waals surface area contributed by atoms with E-state index >= 15 is 0 Å². The predicted octanol–water partition coefficient (Wildman–Crippen LogP) is 10.0. The molecule has 0 aliphatic rings. The topological polar surface area (TPSA) is 100 Å². The zero-order valence-electron chi connectivity index (χ0n) is 30.7. The summed E-state index contributed by atoms with van der Waals surface area (Å²) in [6.45, 7) is 30.0. The third-order valence-corrected chi connectivity index (χ3v) is 8.98. The van der Waals surface area contributed by atoms with Gasteiger partial charge < -0.3 is 23.2 Å². The first-order chi connectivity index (χ1) is 21.0. The van der Waals surface area contributed by atoms with E-state index < -0.39 is 14.9 Å². The van der Waals surface area contributed by atoms with Gasteiger partial charge in [-0.05, 0) is 51.4 Å². The number of hydrogen-bond acceptors (Lipinski definition) is 5. The zero-order valence-corrected chi connectivity index (χ0v) is 33.8. The van der Waals surface area contributed by atoms with Crippen LogP contribution in [0.5, 0.6) is 0 Å². The van der Waals surface area contributed by atoms with Gasteiger partial charge in [0.05, 0.1) is 58.2 Å². The normalized spacial score (nSPS) is 12.0. The number of nitrogens with zero attached hydrogens (tertiary/aromatic N) is 2. The minimum atomic E-state index is -5.17. The number of alkyl halides is 3. The molecule has 0 spiro atoms. The summed E-state index contributed by atoms with van der Waals surface area (Å²) in [5.74, 6) is -0.171. The smallest absolute Gasteiger partial charge is 0.228 e. The lowest BCUT2D eigenvalue weighted by atomic mass is 10.1. The average molecular weight is 730 g/mol. The zero-order chi connectivity index (χ0) is 35.7. The molecule has 11 heteroatoms. The molecule has 0 radical (unpaired) electrons. The highest BCUT2D eigenvalue weighted by Gasteiger charge is 2.25. The molecule has 0 aliphatic carbocycles. The van der Waals surface area contributed by atoms with Crippen molar-refractivity contribution in [1.82, 2.24) is 0 Å². The van der Waals surface area contributed by atoms with Crippen LogP contribution in [0, 0.1) is 0 Å². The van der Waals surface area contributed by atoms with Crippen LogP contribution in [0.1, 0.15) is 158 Å². The molecule has 1 N–H and O–H groups in total. The van der Waals surface area contributed by atoms with Crippen molar-refractivity contribution in [1.29, 1.82) is 0 Å². The van der Waals surface area contributed by atoms with Gasteiger partial charge in [-0.1, -0.05) is 130 Å². The number of quaternary nitrogens is 2. The van der Waals surface area contributed by atoms with Crippen LogP contribution >= 0.6 is 34.8 Å². The first-order valence-electron chi connectivity index (χ1n) is 18.1. The first kappa shape index (κ1) is 52.4. The summed E-state index contributed by atoms with van der Waals surface area (Å²) in [6, 6.07) is 0. The van der Waals surface area contributed by atoms with Crippen LogP contribution < -0.4 is 0 Å². The summed E-state index contributed by atoms with van der Waals surface area (Å²) in [7, 11) is -5.17. The largest absolute Gasteiger partial charge is 0.759 e. The Morgan fingerprint density at radius 2 is 0.600 bits per heavy atom. The molecule has 0 saturated heterocycles. The van der Waals surface area contributed by atoms with Gasteiger partial charge in [-0.15, -0.1) is 11.6 Å². The highest BCUT2D eigenvalue weighted by molar-refractivity contribution is 7.79. The summed E-state index contributed by atoms with van der Waals surface area (Å²) in [4.78, 5) is 0. The van der Waals surface area contributed by atoms with Crippen molar-refractivity contribution in [2.75, 3.05) is 58.2 Å². The van der Waals surface area contributed by atoms with Gasteiger partial charge in [0, 0.05) is 10.4 Å². The summed E-state index contributed by atoms with van der Waals surface area (Å²) < 4.78 is 35.2. The van der Waals surface area contributed by atoms with Crippen LogP contribution in [0.3, 0.4) is 0 Å². The lowest BCUT2D eigenvalue weighted by Gasteiger charge is -2.39. The van der Waals surface area contributed by atoms with E-state index in [0.717, 1.165) is 0 Å². The monoisotopic (exact) mass is 728 g/mol. The molecule has 0 fully saturated rings. The molecule has 0 saturated carbocycles. The van der Waals surface area contributed by atoms with E-state index in [1.165, 1.54) is 164 Å². The Labute approximate surface area is 296 Å². The fraction of sp³-hybridized carbons (Fsp3) is 1.00. The fourth-order valence-corrected chi connectivity index (χ4v) is 5.29. The van der Waals surface area contributed by atoms with Gasteiger partial charge in [0.15, 0.2) is 0 Å². The number of hydrogen-bond donors (Lipinski definition) is 1. The second kappa shape index (κ2) is 34.5. The lowest BCUT2D eigenvalue weighted by molar-refractivity contribution is -0.929. The summed E-state index contributed by atoms with van der Waals surface area (Å²) in [5.41, 5.74) is 0. The van der Waals surface area contributed by atoms with Crippen LogP contribution in [0.4, 0.5) is 0 Å². The number of rotatable bonds is 25. The van der Waals surface area contributed by atoms with Gasteiger partial charge in [-0.3, -0.25) is 8.42 Å². The van der Waals surface area contributed by atoms with Gasteiger partial charge in [0.1, 0.15) is 0 Å². The van der Waals surface area contributed by atoms with Crippen molar-refractivity contribution in [2.24, 2.45) is 0 Å². The third kappa shape index (κ3) is 42.6. The molecule has 0 aromatic rings. The maximum Gasteiger partial charge on any atom is 0.228 e. The minimum Gasteiger partial charge on any atom is -0.759 e. The minimum absolute atomic E-state index is 0.171. The molecule has 0 bridgehead atoms. The van der Waals surface area contributed by atoms with Crippen LogP contribution in [-0.2, 0) is 10.4 Å². The Balaban J connectivity index is -0.000000281. The van der Waals surface area contributed by atoms with E-state index in [9.17, 15) is 0 Å². The van der Waals surface area contributed by atoms with Gasteiger partial charge in [-0.25, -0.2) is 0 Å². The molecular formula is C34H75Cl3N2O5S. The molecule has 0 atom stereocenters. The average Bonchev–Trinajstić information content (AvgIpc) is 2.99. The lowest BCUT2D eigenvalue weighted by Crippen LogP contribution is -2.50. The van der Waals surface area contributed by atoms with E-state index in [0.29, 0.717) is 0 Å². The molecule has 0 amide bonds. The summed E-state index contributed by atoms with van der Waals surface area (Å²) >= 11 is 14.8. The summed E-state index contributed by atoms with van der Waals surface area (Å²) in [5, 5.41) is 8.23. The molecule has 0 aromatic heterocycles.